The number of carbonyl (C=O) groups excluding carboxylic acids is 3. The minimum atomic E-state index is -0.343. The summed E-state index contributed by atoms with van der Waals surface area (Å²) in [4.78, 5) is 40.7. The first kappa shape index (κ1) is 18.4. The first-order chi connectivity index (χ1) is 12.5. The van der Waals surface area contributed by atoms with Crippen molar-refractivity contribution in [1.29, 1.82) is 0 Å². The van der Waals surface area contributed by atoms with E-state index >= 15 is 0 Å². The van der Waals surface area contributed by atoms with Gasteiger partial charge in [-0.2, -0.15) is 0 Å². The summed E-state index contributed by atoms with van der Waals surface area (Å²) in [5.41, 5.74) is 1.96. The van der Waals surface area contributed by atoms with Gasteiger partial charge in [0.05, 0.1) is 18.4 Å². The lowest BCUT2D eigenvalue weighted by Crippen LogP contribution is -2.45. The Labute approximate surface area is 154 Å². The van der Waals surface area contributed by atoms with Gasteiger partial charge in [-0.15, -0.1) is 0 Å². The first-order valence-corrected chi connectivity index (χ1v) is 9.32. The Morgan fingerprint density at radius 1 is 1.15 bits per heavy atom. The molecule has 6 nitrogen and oxygen atoms in total. The van der Waals surface area contributed by atoms with Crippen LogP contribution in [-0.2, 0) is 19.1 Å². The van der Waals surface area contributed by atoms with Crippen molar-refractivity contribution in [3.63, 3.8) is 0 Å². The predicted molar refractivity (Wildman–Crippen MR) is 97.6 cm³/mol. The monoisotopic (exact) mass is 358 g/mol. The molecule has 2 aliphatic rings. The highest BCUT2D eigenvalue weighted by Crippen LogP contribution is 2.28. The number of hydrogen-bond acceptors (Lipinski definition) is 4. The van der Waals surface area contributed by atoms with Crippen molar-refractivity contribution < 1.29 is 19.1 Å². The molecule has 2 fully saturated rings. The lowest BCUT2D eigenvalue weighted by molar-refractivity contribution is -0.152. The van der Waals surface area contributed by atoms with E-state index in [1.54, 1.807) is 16.7 Å². The molecule has 0 unspecified atom stereocenters. The predicted octanol–water partition coefficient (Wildman–Crippen LogP) is 2.15. The number of anilines is 1. The highest BCUT2D eigenvalue weighted by atomic mass is 16.5. The van der Waals surface area contributed by atoms with Gasteiger partial charge in [0, 0.05) is 31.7 Å². The molecule has 2 amide bonds. The van der Waals surface area contributed by atoms with Crippen molar-refractivity contribution in [2.45, 2.75) is 33.1 Å². The van der Waals surface area contributed by atoms with Crippen molar-refractivity contribution in [3.05, 3.63) is 29.8 Å². The van der Waals surface area contributed by atoms with Crippen LogP contribution in [-0.4, -0.2) is 48.9 Å². The zero-order valence-corrected chi connectivity index (χ0v) is 15.4. The SMILES string of the molecule is CCOC(=O)[C@H]1CCCN(C(=O)[C@H]2CC(=O)N(c3ccc(C)cc3)C2)C1. The summed E-state index contributed by atoms with van der Waals surface area (Å²) in [6.45, 7) is 5.58. The van der Waals surface area contributed by atoms with E-state index in [4.69, 9.17) is 4.74 Å². The van der Waals surface area contributed by atoms with Crippen LogP contribution >= 0.6 is 0 Å². The Balaban J connectivity index is 1.64. The quantitative estimate of drug-likeness (QED) is 0.774. The summed E-state index contributed by atoms with van der Waals surface area (Å²) in [6.07, 6.45) is 1.77. The van der Waals surface area contributed by atoms with Crippen LogP contribution in [0.4, 0.5) is 5.69 Å². The molecule has 2 saturated heterocycles. The van der Waals surface area contributed by atoms with Crippen molar-refractivity contribution >= 4 is 23.5 Å². The van der Waals surface area contributed by atoms with Crippen LogP contribution in [0.25, 0.3) is 0 Å². The van der Waals surface area contributed by atoms with Crippen LogP contribution in [0.5, 0.6) is 0 Å². The van der Waals surface area contributed by atoms with Crippen molar-refractivity contribution in [3.8, 4) is 0 Å². The molecule has 0 spiro atoms. The van der Waals surface area contributed by atoms with Gasteiger partial charge in [-0.1, -0.05) is 17.7 Å². The Bertz CT molecular complexity index is 686. The summed E-state index contributed by atoms with van der Waals surface area (Å²) >= 11 is 0. The van der Waals surface area contributed by atoms with Gasteiger partial charge in [-0.05, 0) is 38.8 Å². The Kier molecular flexibility index (Phi) is 5.59. The van der Waals surface area contributed by atoms with E-state index in [9.17, 15) is 14.4 Å². The summed E-state index contributed by atoms with van der Waals surface area (Å²) in [7, 11) is 0. The first-order valence-electron chi connectivity index (χ1n) is 9.32. The third kappa shape index (κ3) is 3.89. The Hall–Kier alpha value is -2.37. The van der Waals surface area contributed by atoms with Gasteiger partial charge >= 0.3 is 5.97 Å². The third-order valence-corrected chi connectivity index (χ3v) is 5.17. The molecule has 0 radical (unpaired) electrons. The van der Waals surface area contributed by atoms with Crippen LogP contribution < -0.4 is 4.90 Å². The molecular formula is C20H26N2O4. The number of esters is 1. The highest BCUT2D eigenvalue weighted by molar-refractivity contribution is 6.00. The molecule has 0 bridgehead atoms. The molecule has 0 aliphatic carbocycles. The van der Waals surface area contributed by atoms with Gasteiger partial charge in [-0.25, -0.2) is 0 Å². The molecule has 140 valence electrons. The number of amides is 2. The van der Waals surface area contributed by atoms with Gasteiger partial charge in [-0.3, -0.25) is 14.4 Å². The van der Waals surface area contributed by atoms with Crippen LogP contribution in [0.2, 0.25) is 0 Å². The van der Waals surface area contributed by atoms with Gasteiger partial charge in [0.25, 0.3) is 0 Å². The van der Waals surface area contributed by atoms with Crippen molar-refractivity contribution in [2.24, 2.45) is 11.8 Å². The zero-order chi connectivity index (χ0) is 18.7. The zero-order valence-electron chi connectivity index (χ0n) is 15.4. The molecule has 2 heterocycles. The van der Waals surface area contributed by atoms with Gasteiger partial charge < -0.3 is 14.5 Å². The molecule has 6 heteroatoms. The van der Waals surface area contributed by atoms with E-state index in [-0.39, 0.29) is 36.0 Å². The van der Waals surface area contributed by atoms with E-state index in [0.29, 0.717) is 26.2 Å². The summed E-state index contributed by atoms with van der Waals surface area (Å²) in [5, 5.41) is 0. The maximum absolute atomic E-state index is 12.9. The lowest BCUT2D eigenvalue weighted by atomic mass is 9.96. The van der Waals surface area contributed by atoms with E-state index in [0.717, 1.165) is 24.1 Å². The largest absolute Gasteiger partial charge is 0.466 e. The average Bonchev–Trinajstić information content (AvgIpc) is 3.04. The molecule has 26 heavy (non-hydrogen) atoms. The minimum Gasteiger partial charge on any atom is -0.466 e. The smallest absolute Gasteiger partial charge is 0.310 e. The van der Waals surface area contributed by atoms with E-state index in [2.05, 4.69) is 0 Å². The Morgan fingerprint density at radius 3 is 2.58 bits per heavy atom. The molecule has 2 aliphatic heterocycles. The van der Waals surface area contributed by atoms with Gasteiger partial charge in [0.15, 0.2) is 0 Å². The van der Waals surface area contributed by atoms with Gasteiger partial charge in [0.2, 0.25) is 11.8 Å². The number of aryl methyl sites for hydroxylation is 1. The fourth-order valence-corrected chi connectivity index (χ4v) is 3.74. The number of ether oxygens (including phenoxy) is 1. The summed E-state index contributed by atoms with van der Waals surface area (Å²) in [5.74, 6) is -0.871. The van der Waals surface area contributed by atoms with Crippen LogP contribution in [0.3, 0.4) is 0 Å². The van der Waals surface area contributed by atoms with Crippen LogP contribution in [0, 0.1) is 18.8 Å². The average molecular weight is 358 g/mol. The molecule has 1 aromatic rings. The number of rotatable bonds is 4. The second-order valence-electron chi connectivity index (χ2n) is 7.12. The maximum Gasteiger partial charge on any atom is 0.310 e. The van der Waals surface area contributed by atoms with E-state index < -0.39 is 0 Å². The molecule has 3 rings (SSSR count). The third-order valence-electron chi connectivity index (χ3n) is 5.17. The normalized spacial score (nSPS) is 23.2. The number of hydrogen-bond donors (Lipinski definition) is 0. The summed E-state index contributed by atoms with van der Waals surface area (Å²) in [6, 6.07) is 7.76. The maximum atomic E-state index is 12.9. The number of carbonyl (C=O) groups is 3. The number of nitrogens with zero attached hydrogens (tertiary/aromatic N) is 2. The van der Waals surface area contributed by atoms with E-state index in [1.807, 2.05) is 31.2 Å². The number of piperidine rings is 1. The minimum absolute atomic E-state index is 0.0221. The molecule has 0 N–H and O–H groups in total. The standard InChI is InChI=1S/C20H26N2O4/c1-3-26-20(25)15-5-4-10-21(12-15)19(24)16-11-18(23)22(13-16)17-8-6-14(2)7-9-17/h6-9,15-16H,3-5,10-13H2,1-2H3/t15-,16-/m0/s1. The number of likely N-dealkylation sites (tertiary alicyclic amines) is 1. The highest BCUT2D eigenvalue weighted by Gasteiger charge is 2.39. The molecule has 2 atom stereocenters. The lowest BCUT2D eigenvalue weighted by Gasteiger charge is -2.33. The summed E-state index contributed by atoms with van der Waals surface area (Å²) < 4.78 is 5.10. The topological polar surface area (TPSA) is 66.9 Å². The van der Waals surface area contributed by atoms with Gasteiger partial charge in [0.1, 0.15) is 0 Å². The molecule has 0 saturated carbocycles. The van der Waals surface area contributed by atoms with Crippen molar-refractivity contribution in [1.82, 2.24) is 4.90 Å². The molecular weight excluding hydrogens is 332 g/mol. The fourth-order valence-electron chi connectivity index (χ4n) is 3.74. The second kappa shape index (κ2) is 7.89. The van der Waals surface area contributed by atoms with Crippen molar-refractivity contribution in [2.75, 3.05) is 31.1 Å². The number of benzene rings is 1. The Morgan fingerprint density at radius 2 is 1.88 bits per heavy atom. The fraction of sp³-hybridized carbons (Fsp3) is 0.550. The van der Waals surface area contributed by atoms with Crippen LogP contribution in [0.1, 0.15) is 31.7 Å². The molecule has 1 aromatic carbocycles. The van der Waals surface area contributed by atoms with E-state index in [1.165, 1.54) is 0 Å². The second-order valence-corrected chi connectivity index (χ2v) is 7.12. The molecule has 0 aromatic heterocycles. The van der Waals surface area contributed by atoms with Crippen LogP contribution in [0.15, 0.2) is 24.3 Å².